The van der Waals surface area contributed by atoms with Crippen LogP contribution in [-0.4, -0.2) is 11.2 Å². The van der Waals surface area contributed by atoms with Crippen molar-refractivity contribution >= 4 is 10.9 Å². The lowest BCUT2D eigenvalue weighted by molar-refractivity contribution is -0.224. The van der Waals surface area contributed by atoms with Crippen molar-refractivity contribution in [3.05, 3.63) is 71.7 Å². The molecule has 5 heteroatoms. The summed E-state index contributed by atoms with van der Waals surface area (Å²) in [4.78, 5) is 3.11. The van der Waals surface area contributed by atoms with Gasteiger partial charge in [-0.05, 0) is 47.1 Å². The lowest BCUT2D eigenvalue weighted by Gasteiger charge is -2.39. The number of hydrogen-bond acceptors (Lipinski definition) is 0. The summed E-state index contributed by atoms with van der Waals surface area (Å²) >= 11 is 0. The average molecular weight is 377 g/mol. The maximum Gasteiger partial charge on any atom is 0.394 e. The Morgan fingerprint density at radius 1 is 0.889 bits per heavy atom. The van der Waals surface area contributed by atoms with Crippen LogP contribution in [0.3, 0.4) is 0 Å². The van der Waals surface area contributed by atoms with Gasteiger partial charge in [-0.2, -0.15) is 13.2 Å². The maximum atomic E-state index is 14.1. The van der Waals surface area contributed by atoms with Gasteiger partial charge >= 0.3 is 6.18 Å². The molecule has 27 heavy (non-hydrogen) atoms. The van der Waals surface area contributed by atoms with Gasteiger partial charge in [-0.1, -0.05) is 51.1 Å². The molecule has 2 aromatic carbocycles. The molecule has 0 saturated carbocycles. The molecule has 1 heterocycles. The molecule has 0 bridgehead atoms. The van der Waals surface area contributed by atoms with Crippen LogP contribution in [0.25, 0.3) is 10.9 Å². The van der Waals surface area contributed by atoms with E-state index in [1.807, 2.05) is 24.3 Å². The minimum absolute atomic E-state index is 0.107. The molecule has 0 radical (unpaired) electrons. The van der Waals surface area contributed by atoms with Crippen molar-refractivity contribution in [2.75, 3.05) is 0 Å². The molecule has 1 N–H and O–H groups in total. The number of aromatic amines is 1. The zero-order chi connectivity index (χ0) is 19.9. The Morgan fingerprint density at radius 3 is 2.11 bits per heavy atom. The minimum Gasteiger partial charge on any atom is -0.358 e. The van der Waals surface area contributed by atoms with Crippen LogP contribution in [0, 0.1) is 11.2 Å². The van der Waals surface area contributed by atoms with E-state index in [9.17, 15) is 17.6 Å². The molecule has 0 amide bonds. The number of benzene rings is 2. The van der Waals surface area contributed by atoms with Crippen molar-refractivity contribution in [3.8, 4) is 0 Å². The van der Waals surface area contributed by atoms with Crippen LogP contribution in [0.1, 0.15) is 38.4 Å². The highest BCUT2D eigenvalue weighted by Gasteiger charge is 2.53. The Labute approximate surface area is 156 Å². The molecule has 3 aromatic rings. The highest BCUT2D eigenvalue weighted by atomic mass is 19.4. The third-order valence-corrected chi connectivity index (χ3v) is 5.31. The first-order chi connectivity index (χ1) is 12.5. The average Bonchev–Trinajstić information content (AvgIpc) is 2.95. The summed E-state index contributed by atoms with van der Waals surface area (Å²) in [5.74, 6) is -0.397. The van der Waals surface area contributed by atoms with Crippen LogP contribution >= 0.6 is 0 Å². The van der Waals surface area contributed by atoms with E-state index in [2.05, 4.69) is 4.98 Å². The summed E-state index contributed by atoms with van der Waals surface area (Å²) in [5.41, 5.74) is -0.604. The fourth-order valence-electron chi connectivity index (χ4n) is 3.89. The van der Waals surface area contributed by atoms with Crippen LogP contribution in [0.15, 0.2) is 54.6 Å². The Bertz CT molecular complexity index is 888. The Balaban J connectivity index is 1.93. The molecule has 1 atom stereocenters. The van der Waals surface area contributed by atoms with E-state index in [1.165, 1.54) is 19.1 Å². The van der Waals surface area contributed by atoms with Crippen LogP contribution in [0.4, 0.5) is 17.6 Å². The highest BCUT2D eigenvalue weighted by Crippen LogP contribution is 2.49. The fraction of sp³-hybridized carbons (Fsp3) is 0.364. The summed E-state index contributed by atoms with van der Waals surface area (Å²) in [6, 6.07) is 14.9. The van der Waals surface area contributed by atoms with Crippen molar-refractivity contribution in [1.82, 2.24) is 4.98 Å². The molecule has 1 unspecified atom stereocenters. The molecular formula is C22H23F4N. The van der Waals surface area contributed by atoms with Gasteiger partial charge in [-0.3, -0.25) is 0 Å². The number of hydrogen-bond donors (Lipinski definition) is 1. The van der Waals surface area contributed by atoms with E-state index < -0.39 is 22.8 Å². The number of fused-ring (bicyclic) bond motifs is 1. The van der Waals surface area contributed by atoms with Crippen molar-refractivity contribution in [3.63, 3.8) is 0 Å². The molecule has 3 rings (SSSR count). The predicted molar refractivity (Wildman–Crippen MR) is 100 cm³/mol. The predicted octanol–water partition coefficient (Wildman–Crippen LogP) is 6.79. The second-order valence-corrected chi connectivity index (χ2v) is 8.18. The third kappa shape index (κ3) is 4.02. The molecule has 0 aliphatic heterocycles. The number of para-hydroxylation sites is 1. The fourth-order valence-corrected chi connectivity index (χ4v) is 3.89. The van der Waals surface area contributed by atoms with Gasteiger partial charge in [-0.15, -0.1) is 0 Å². The summed E-state index contributed by atoms with van der Waals surface area (Å²) in [6.45, 7) is 4.81. The van der Waals surface area contributed by atoms with Crippen molar-refractivity contribution in [2.24, 2.45) is 5.41 Å². The molecule has 0 aliphatic rings. The second-order valence-electron chi connectivity index (χ2n) is 8.18. The Morgan fingerprint density at radius 2 is 1.52 bits per heavy atom. The minimum atomic E-state index is -4.37. The van der Waals surface area contributed by atoms with E-state index in [0.29, 0.717) is 11.3 Å². The molecule has 1 nitrogen and oxygen atoms in total. The van der Waals surface area contributed by atoms with Gasteiger partial charge in [0.15, 0.2) is 0 Å². The van der Waals surface area contributed by atoms with Crippen LogP contribution < -0.4 is 0 Å². The van der Waals surface area contributed by atoms with E-state index in [1.54, 1.807) is 32.0 Å². The lowest BCUT2D eigenvalue weighted by atomic mass is 9.68. The number of halogens is 4. The van der Waals surface area contributed by atoms with E-state index in [4.69, 9.17) is 0 Å². The molecule has 0 fully saturated rings. The normalized spacial score (nSPS) is 15.1. The molecule has 144 valence electrons. The highest BCUT2D eigenvalue weighted by molar-refractivity contribution is 5.80. The van der Waals surface area contributed by atoms with Gasteiger partial charge < -0.3 is 4.98 Å². The molecule has 1 aromatic heterocycles. The van der Waals surface area contributed by atoms with Crippen LogP contribution in [0.5, 0.6) is 0 Å². The SMILES string of the molecule is CC(C)(CC(C)(Cc1cc2ccccc2[nH]1)C(F)(F)F)c1ccc(F)cc1. The van der Waals surface area contributed by atoms with Crippen molar-refractivity contribution < 1.29 is 17.6 Å². The van der Waals surface area contributed by atoms with Gasteiger partial charge in [0, 0.05) is 17.6 Å². The quantitative estimate of drug-likeness (QED) is 0.471. The first-order valence-corrected chi connectivity index (χ1v) is 8.90. The molecule has 0 saturated heterocycles. The zero-order valence-corrected chi connectivity index (χ0v) is 15.6. The number of H-pyrrole nitrogens is 1. The van der Waals surface area contributed by atoms with E-state index in [0.717, 1.165) is 10.9 Å². The van der Waals surface area contributed by atoms with Crippen molar-refractivity contribution in [1.29, 1.82) is 0 Å². The van der Waals surface area contributed by atoms with Gasteiger partial charge in [0.1, 0.15) is 5.82 Å². The number of aromatic nitrogens is 1. The van der Waals surface area contributed by atoms with Crippen molar-refractivity contribution in [2.45, 2.75) is 45.2 Å². The lowest BCUT2D eigenvalue weighted by Crippen LogP contribution is -2.42. The smallest absolute Gasteiger partial charge is 0.358 e. The van der Waals surface area contributed by atoms with Gasteiger partial charge in [0.2, 0.25) is 0 Å². The summed E-state index contributed by atoms with van der Waals surface area (Å²) in [7, 11) is 0. The number of nitrogens with one attached hydrogen (secondary N) is 1. The summed E-state index contributed by atoms with van der Waals surface area (Å²) in [6.07, 6.45) is -4.62. The van der Waals surface area contributed by atoms with Gasteiger partial charge in [0.25, 0.3) is 0 Å². The third-order valence-electron chi connectivity index (χ3n) is 5.31. The topological polar surface area (TPSA) is 15.8 Å². The molecule has 0 spiro atoms. The van der Waals surface area contributed by atoms with Crippen LogP contribution in [-0.2, 0) is 11.8 Å². The Hall–Kier alpha value is -2.30. The standard InChI is InChI=1S/C22H23F4N/c1-20(2,16-8-10-17(23)11-9-16)14-21(3,22(24,25)26)13-18-12-15-6-4-5-7-19(15)27-18/h4-12,27H,13-14H2,1-3H3. The largest absolute Gasteiger partial charge is 0.394 e. The first kappa shape index (κ1) is 19.5. The maximum absolute atomic E-state index is 14.1. The Kier molecular flexibility index (Phi) is 4.83. The van der Waals surface area contributed by atoms with E-state index in [-0.39, 0.29) is 12.8 Å². The number of alkyl halides is 3. The van der Waals surface area contributed by atoms with Crippen LogP contribution in [0.2, 0.25) is 0 Å². The van der Waals surface area contributed by atoms with E-state index >= 15 is 0 Å². The number of rotatable bonds is 5. The second kappa shape index (κ2) is 6.70. The molecule has 0 aliphatic carbocycles. The summed E-state index contributed by atoms with van der Waals surface area (Å²) < 4.78 is 55.5. The summed E-state index contributed by atoms with van der Waals surface area (Å²) in [5, 5.41) is 0.898. The molecular weight excluding hydrogens is 354 g/mol. The van der Waals surface area contributed by atoms with Gasteiger partial charge in [0.05, 0.1) is 5.41 Å². The first-order valence-electron chi connectivity index (χ1n) is 8.90. The monoisotopic (exact) mass is 377 g/mol. The zero-order valence-electron chi connectivity index (χ0n) is 15.6. The van der Waals surface area contributed by atoms with Gasteiger partial charge in [-0.25, -0.2) is 4.39 Å².